The van der Waals surface area contributed by atoms with Gasteiger partial charge in [0.2, 0.25) is 5.91 Å². The van der Waals surface area contributed by atoms with Gasteiger partial charge in [-0.3, -0.25) is 4.79 Å². The first kappa shape index (κ1) is 12.3. The Bertz CT molecular complexity index is 502. The SMILES string of the molecule is COc1cccc2c1CC1(CO2)NC(=O)CCC1O. The van der Waals surface area contributed by atoms with Gasteiger partial charge in [0.1, 0.15) is 23.6 Å². The number of methoxy groups -OCH3 is 1. The zero-order valence-corrected chi connectivity index (χ0v) is 10.8. The third kappa shape index (κ3) is 1.94. The maximum Gasteiger partial charge on any atom is 0.220 e. The molecule has 0 aliphatic carbocycles. The lowest BCUT2D eigenvalue weighted by atomic mass is 9.79. The molecule has 1 aromatic carbocycles. The van der Waals surface area contributed by atoms with Crippen LogP contribution in [0.25, 0.3) is 0 Å². The van der Waals surface area contributed by atoms with Gasteiger partial charge in [-0.25, -0.2) is 0 Å². The minimum Gasteiger partial charge on any atom is -0.496 e. The highest BCUT2D eigenvalue weighted by atomic mass is 16.5. The predicted molar refractivity (Wildman–Crippen MR) is 68.3 cm³/mol. The molecule has 5 heteroatoms. The largest absolute Gasteiger partial charge is 0.496 e. The van der Waals surface area contributed by atoms with Crippen molar-refractivity contribution in [3.05, 3.63) is 23.8 Å². The molecule has 1 fully saturated rings. The van der Waals surface area contributed by atoms with Crippen LogP contribution in [0.4, 0.5) is 0 Å². The highest BCUT2D eigenvalue weighted by Crippen LogP contribution is 2.38. The molecule has 2 heterocycles. The molecule has 0 radical (unpaired) electrons. The number of carbonyl (C=O) groups is 1. The predicted octanol–water partition coefficient (Wildman–Crippen LogP) is 0.640. The molecule has 0 saturated carbocycles. The number of hydrogen-bond donors (Lipinski definition) is 2. The molecular weight excluding hydrogens is 246 g/mol. The molecule has 5 nitrogen and oxygen atoms in total. The van der Waals surface area contributed by atoms with E-state index in [1.807, 2.05) is 18.2 Å². The van der Waals surface area contributed by atoms with Crippen molar-refractivity contribution in [3.63, 3.8) is 0 Å². The number of nitrogens with one attached hydrogen (secondary N) is 1. The lowest BCUT2D eigenvalue weighted by molar-refractivity contribution is -0.131. The molecule has 2 aliphatic heterocycles. The Labute approximate surface area is 111 Å². The van der Waals surface area contributed by atoms with E-state index in [0.717, 1.165) is 17.1 Å². The molecular formula is C14H17NO4. The monoisotopic (exact) mass is 263 g/mol. The number of rotatable bonds is 1. The molecule has 2 aliphatic rings. The topological polar surface area (TPSA) is 67.8 Å². The number of fused-ring (bicyclic) bond motifs is 1. The van der Waals surface area contributed by atoms with Crippen LogP contribution in [0.1, 0.15) is 18.4 Å². The normalized spacial score (nSPS) is 29.4. The number of aliphatic hydroxyl groups excluding tert-OH is 1. The van der Waals surface area contributed by atoms with Gasteiger partial charge in [0.25, 0.3) is 0 Å². The summed E-state index contributed by atoms with van der Waals surface area (Å²) in [5.74, 6) is 1.45. The fraction of sp³-hybridized carbons (Fsp3) is 0.500. The van der Waals surface area contributed by atoms with Crippen molar-refractivity contribution < 1.29 is 19.4 Å². The van der Waals surface area contributed by atoms with Crippen LogP contribution in [0.2, 0.25) is 0 Å². The van der Waals surface area contributed by atoms with E-state index in [9.17, 15) is 9.90 Å². The number of amides is 1. The zero-order valence-electron chi connectivity index (χ0n) is 10.8. The number of benzene rings is 1. The quantitative estimate of drug-likeness (QED) is 0.780. The van der Waals surface area contributed by atoms with Gasteiger partial charge < -0.3 is 19.9 Å². The third-order valence-corrected chi connectivity index (χ3v) is 3.96. The van der Waals surface area contributed by atoms with Gasteiger partial charge in [0, 0.05) is 18.4 Å². The average Bonchev–Trinajstić information content (AvgIpc) is 2.42. The Balaban J connectivity index is 1.98. The Hall–Kier alpha value is -1.75. The van der Waals surface area contributed by atoms with Crippen LogP contribution in [0.15, 0.2) is 18.2 Å². The molecule has 1 amide bonds. The Kier molecular flexibility index (Phi) is 2.86. The van der Waals surface area contributed by atoms with E-state index in [1.54, 1.807) is 7.11 Å². The molecule has 2 N–H and O–H groups in total. The molecule has 19 heavy (non-hydrogen) atoms. The Morgan fingerprint density at radius 3 is 3.16 bits per heavy atom. The number of ether oxygens (including phenoxy) is 2. The first-order valence-corrected chi connectivity index (χ1v) is 6.42. The first-order valence-electron chi connectivity index (χ1n) is 6.42. The van der Waals surface area contributed by atoms with Crippen LogP contribution < -0.4 is 14.8 Å². The molecule has 2 unspecified atom stereocenters. The summed E-state index contributed by atoms with van der Waals surface area (Å²) < 4.78 is 11.1. The van der Waals surface area contributed by atoms with Gasteiger partial charge >= 0.3 is 0 Å². The second-order valence-corrected chi connectivity index (χ2v) is 5.16. The first-order chi connectivity index (χ1) is 9.14. The van der Waals surface area contributed by atoms with Crippen LogP contribution in [-0.2, 0) is 11.2 Å². The van der Waals surface area contributed by atoms with E-state index < -0.39 is 11.6 Å². The summed E-state index contributed by atoms with van der Waals surface area (Å²) in [4.78, 5) is 11.6. The van der Waals surface area contributed by atoms with E-state index in [1.165, 1.54) is 0 Å². The van der Waals surface area contributed by atoms with Gasteiger partial charge in [-0.15, -0.1) is 0 Å². The maximum atomic E-state index is 11.6. The van der Waals surface area contributed by atoms with Gasteiger partial charge in [-0.2, -0.15) is 0 Å². The summed E-state index contributed by atoms with van der Waals surface area (Å²) in [6.45, 7) is 0.292. The summed E-state index contributed by atoms with van der Waals surface area (Å²) in [6, 6.07) is 5.60. The van der Waals surface area contributed by atoms with Crippen LogP contribution in [0, 0.1) is 0 Å². The minimum atomic E-state index is -0.725. The zero-order chi connectivity index (χ0) is 13.5. The molecule has 0 bridgehead atoms. The summed E-state index contributed by atoms with van der Waals surface area (Å²) in [5.41, 5.74) is 0.175. The summed E-state index contributed by atoms with van der Waals surface area (Å²) in [6.07, 6.45) is 0.768. The van der Waals surface area contributed by atoms with Crippen LogP contribution in [-0.4, -0.2) is 36.4 Å². The molecule has 102 valence electrons. The maximum absolute atomic E-state index is 11.6. The van der Waals surface area contributed by atoms with Crippen molar-refractivity contribution in [2.75, 3.05) is 13.7 Å². The van der Waals surface area contributed by atoms with Gasteiger partial charge in [-0.05, 0) is 18.6 Å². The van der Waals surface area contributed by atoms with E-state index >= 15 is 0 Å². The van der Waals surface area contributed by atoms with Crippen molar-refractivity contribution in [3.8, 4) is 11.5 Å². The Morgan fingerprint density at radius 2 is 2.37 bits per heavy atom. The standard InChI is InChI=1S/C14H17NO4/c1-18-10-3-2-4-11-9(10)7-14(8-19-11)12(16)5-6-13(17)15-14/h2-4,12,16H,5-8H2,1H3,(H,15,17). The summed E-state index contributed by atoms with van der Waals surface area (Å²) >= 11 is 0. The van der Waals surface area contributed by atoms with Crippen LogP contribution in [0.3, 0.4) is 0 Å². The van der Waals surface area contributed by atoms with E-state index in [4.69, 9.17) is 9.47 Å². The van der Waals surface area contributed by atoms with Crippen molar-refractivity contribution in [1.29, 1.82) is 0 Å². The highest BCUT2D eigenvalue weighted by Gasteiger charge is 2.46. The Morgan fingerprint density at radius 1 is 1.53 bits per heavy atom. The van der Waals surface area contributed by atoms with E-state index in [0.29, 0.717) is 25.9 Å². The molecule has 1 saturated heterocycles. The number of hydrogen-bond acceptors (Lipinski definition) is 4. The smallest absolute Gasteiger partial charge is 0.220 e. The summed E-state index contributed by atoms with van der Waals surface area (Å²) in [5, 5.41) is 13.2. The minimum absolute atomic E-state index is 0.0350. The fourth-order valence-corrected chi connectivity index (χ4v) is 2.88. The fourth-order valence-electron chi connectivity index (χ4n) is 2.88. The molecule has 3 rings (SSSR count). The molecule has 1 spiro atoms. The van der Waals surface area contributed by atoms with Crippen LogP contribution in [0.5, 0.6) is 11.5 Å². The lowest BCUT2D eigenvalue weighted by Crippen LogP contribution is -2.65. The molecule has 1 aromatic rings. The van der Waals surface area contributed by atoms with E-state index in [2.05, 4.69) is 5.32 Å². The number of aliphatic hydroxyl groups is 1. The average molecular weight is 263 g/mol. The second-order valence-electron chi connectivity index (χ2n) is 5.16. The lowest BCUT2D eigenvalue weighted by Gasteiger charge is -2.44. The van der Waals surface area contributed by atoms with Gasteiger partial charge in [-0.1, -0.05) is 6.07 Å². The van der Waals surface area contributed by atoms with Crippen molar-refractivity contribution in [1.82, 2.24) is 5.32 Å². The van der Waals surface area contributed by atoms with E-state index in [-0.39, 0.29) is 5.91 Å². The third-order valence-electron chi connectivity index (χ3n) is 3.96. The van der Waals surface area contributed by atoms with Crippen molar-refractivity contribution in [2.45, 2.75) is 30.9 Å². The molecule has 2 atom stereocenters. The summed E-state index contributed by atoms with van der Waals surface area (Å²) in [7, 11) is 1.60. The number of carbonyl (C=O) groups excluding carboxylic acids is 1. The van der Waals surface area contributed by atoms with Gasteiger partial charge in [0.05, 0.1) is 13.2 Å². The van der Waals surface area contributed by atoms with Crippen molar-refractivity contribution in [2.24, 2.45) is 0 Å². The molecule has 0 aromatic heterocycles. The van der Waals surface area contributed by atoms with Crippen molar-refractivity contribution >= 4 is 5.91 Å². The van der Waals surface area contributed by atoms with Gasteiger partial charge in [0.15, 0.2) is 0 Å². The highest BCUT2D eigenvalue weighted by molar-refractivity contribution is 5.78. The van der Waals surface area contributed by atoms with Crippen LogP contribution >= 0.6 is 0 Å². The second kappa shape index (κ2) is 4.42. The number of piperidine rings is 1.